The van der Waals surface area contributed by atoms with Crippen molar-refractivity contribution in [1.29, 1.82) is 0 Å². The first-order valence-electron chi connectivity index (χ1n) is 9.66. The van der Waals surface area contributed by atoms with Gasteiger partial charge in [0, 0.05) is 24.9 Å². The molecule has 4 N–H and O–H groups in total. The van der Waals surface area contributed by atoms with Crippen molar-refractivity contribution in [2.75, 3.05) is 18.4 Å². The molecule has 0 aliphatic heterocycles. The highest BCUT2D eigenvalue weighted by Gasteiger charge is 2.53. The van der Waals surface area contributed by atoms with E-state index < -0.39 is 0 Å². The zero-order valence-electron chi connectivity index (χ0n) is 15.0. The van der Waals surface area contributed by atoms with Gasteiger partial charge in [-0.2, -0.15) is 0 Å². The molecule has 6 heteroatoms. The first kappa shape index (κ1) is 17.5. The van der Waals surface area contributed by atoms with Gasteiger partial charge in [0.2, 0.25) is 5.91 Å². The molecule has 2 amide bonds. The topological polar surface area (TPSA) is 74.8 Å². The van der Waals surface area contributed by atoms with Crippen molar-refractivity contribution < 1.29 is 19.3 Å². The van der Waals surface area contributed by atoms with Gasteiger partial charge in [0.25, 0.3) is 5.91 Å². The van der Waals surface area contributed by atoms with Crippen molar-refractivity contribution >= 4 is 17.5 Å². The van der Waals surface area contributed by atoms with Gasteiger partial charge >= 0.3 is 0 Å². The number of quaternary nitrogens is 1. The number of hydrogen-bond acceptors (Lipinski definition) is 2. The monoisotopic (exact) mass is 360 g/mol. The van der Waals surface area contributed by atoms with Crippen molar-refractivity contribution in [2.45, 2.75) is 44.1 Å². The Bertz CT molecular complexity index is 654. The van der Waals surface area contributed by atoms with Crippen LogP contribution in [0.25, 0.3) is 0 Å². The van der Waals surface area contributed by atoms with Crippen LogP contribution in [0.3, 0.4) is 0 Å². The van der Waals surface area contributed by atoms with Gasteiger partial charge in [-0.3, -0.25) is 9.59 Å². The third kappa shape index (κ3) is 3.90. The van der Waals surface area contributed by atoms with Crippen molar-refractivity contribution in [2.24, 2.45) is 17.8 Å². The Morgan fingerprint density at radius 3 is 2.15 bits per heavy atom. The summed E-state index contributed by atoms with van der Waals surface area (Å²) in [4.78, 5) is 24.1. The van der Waals surface area contributed by atoms with E-state index in [-0.39, 0.29) is 29.7 Å². The van der Waals surface area contributed by atoms with Crippen LogP contribution in [0.1, 0.15) is 38.5 Å². The van der Waals surface area contributed by atoms with Gasteiger partial charge in [-0.05, 0) is 61.3 Å². The number of benzene rings is 1. The Kier molecular flexibility index (Phi) is 4.69. The first-order chi connectivity index (χ1) is 12.5. The molecule has 5 rings (SSSR count). The van der Waals surface area contributed by atoms with E-state index >= 15 is 0 Å². The molecular weight excluding hydrogens is 333 g/mol. The molecule has 4 fully saturated rings. The molecule has 5 nitrogen and oxygen atoms in total. The third-order valence-corrected chi connectivity index (χ3v) is 6.38. The summed E-state index contributed by atoms with van der Waals surface area (Å²) >= 11 is 0. The second-order valence-corrected chi connectivity index (χ2v) is 8.52. The van der Waals surface area contributed by atoms with E-state index in [2.05, 4.69) is 16.0 Å². The number of carbonyl (C=O) groups is 2. The zero-order valence-corrected chi connectivity index (χ0v) is 15.0. The zero-order chi connectivity index (χ0) is 18.1. The SMILES string of the molecule is O=C(C[NH2+]C12CC3CC(CC(C3)C1)C2)NCC(=O)Nc1ccc(F)cc1. The number of halogens is 1. The van der Waals surface area contributed by atoms with E-state index in [0.717, 1.165) is 17.8 Å². The highest BCUT2D eigenvalue weighted by atomic mass is 19.1. The van der Waals surface area contributed by atoms with Crippen molar-refractivity contribution in [1.82, 2.24) is 5.32 Å². The molecule has 4 aliphatic rings. The minimum absolute atomic E-state index is 0.0646. The Hall–Kier alpha value is -1.95. The van der Waals surface area contributed by atoms with Crippen LogP contribution in [0, 0.1) is 23.6 Å². The van der Waals surface area contributed by atoms with Crippen LogP contribution >= 0.6 is 0 Å². The molecule has 1 aromatic rings. The maximum Gasteiger partial charge on any atom is 0.275 e. The number of rotatable bonds is 6. The average Bonchev–Trinajstić information content (AvgIpc) is 2.59. The molecule has 0 spiro atoms. The van der Waals surface area contributed by atoms with E-state index in [1.807, 2.05) is 0 Å². The first-order valence-corrected chi connectivity index (χ1v) is 9.66. The van der Waals surface area contributed by atoms with Crippen molar-refractivity contribution in [3.8, 4) is 0 Å². The summed E-state index contributed by atoms with van der Waals surface area (Å²) in [6, 6.07) is 5.56. The smallest absolute Gasteiger partial charge is 0.275 e. The van der Waals surface area contributed by atoms with E-state index in [4.69, 9.17) is 0 Å². The Labute approximate surface area is 153 Å². The van der Waals surface area contributed by atoms with E-state index in [9.17, 15) is 14.0 Å². The maximum absolute atomic E-state index is 12.9. The molecule has 26 heavy (non-hydrogen) atoms. The van der Waals surface area contributed by atoms with Crippen LogP contribution in [-0.2, 0) is 9.59 Å². The van der Waals surface area contributed by atoms with Gasteiger partial charge in [-0.1, -0.05) is 0 Å². The molecule has 4 bridgehead atoms. The molecule has 4 aliphatic carbocycles. The molecular formula is C20H27FN3O2+. The lowest BCUT2D eigenvalue weighted by Crippen LogP contribution is -3.00. The second kappa shape index (κ2) is 6.99. The second-order valence-electron chi connectivity index (χ2n) is 8.52. The van der Waals surface area contributed by atoms with Gasteiger partial charge in [-0.15, -0.1) is 0 Å². The van der Waals surface area contributed by atoms with Gasteiger partial charge in [0.15, 0.2) is 6.54 Å². The van der Waals surface area contributed by atoms with Gasteiger partial charge in [0.1, 0.15) is 5.82 Å². The molecule has 0 unspecified atom stereocenters. The molecule has 0 heterocycles. The fourth-order valence-corrected chi connectivity index (χ4v) is 5.73. The maximum atomic E-state index is 12.9. The largest absolute Gasteiger partial charge is 0.342 e. The van der Waals surface area contributed by atoms with Crippen molar-refractivity contribution in [3.63, 3.8) is 0 Å². The minimum Gasteiger partial charge on any atom is -0.342 e. The summed E-state index contributed by atoms with van der Waals surface area (Å²) in [5, 5.41) is 7.58. The number of anilines is 1. The summed E-state index contributed by atoms with van der Waals surface area (Å²) in [5.41, 5.74) is 0.786. The van der Waals surface area contributed by atoms with Gasteiger partial charge < -0.3 is 16.0 Å². The van der Waals surface area contributed by atoms with Crippen LogP contribution in [0.4, 0.5) is 10.1 Å². The van der Waals surface area contributed by atoms with Gasteiger partial charge in [0.05, 0.1) is 12.1 Å². The average molecular weight is 360 g/mol. The molecule has 4 saturated carbocycles. The van der Waals surface area contributed by atoms with E-state index in [0.29, 0.717) is 12.2 Å². The Morgan fingerprint density at radius 2 is 1.58 bits per heavy atom. The van der Waals surface area contributed by atoms with Crippen LogP contribution in [0.2, 0.25) is 0 Å². The van der Waals surface area contributed by atoms with Crippen LogP contribution in [-0.4, -0.2) is 30.4 Å². The lowest BCUT2D eigenvalue weighted by atomic mass is 9.53. The number of hydrogen-bond donors (Lipinski definition) is 3. The highest BCUT2D eigenvalue weighted by molar-refractivity contribution is 5.94. The Balaban J connectivity index is 1.21. The minimum atomic E-state index is -0.350. The highest BCUT2D eigenvalue weighted by Crippen LogP contribution is 2.54. The number of carbonyl (C=O) groups excluding carboxylic acids is 2. The Morgan fingerprint density at radius 1 is 1.00 bits per heavy atom. The molecule has 1 aromatic carbocycles. The van der Waals surface area contributed by atoms with E-state index in [1.165, 1.54) is 62.8 Å². The number of nitrogens with one attached hydrogen (secondary N) is 2. The van der Waals surface area contributed by atoms with Crippen LogP contribution in [0.5, 0.6) is 0 Å². The van der Waals surface area contributed by atoms with Crippen LogP contribution < -0.4 is 16.0 Å². The lowest BCUT2D eigenvalue weighted by Gasteiger charge is -2.54. The summed E-state index contributed by atoms with van der Waals surface area (Å²) in [5.74, 6) is 1.83. The lowest BCUT2D eigenvalue weighted by molar-refractivity contribution is -0.730. The van der Waals surface area contributed by atoms with E-state index in [1.54, 1.807) is 0 Å². The quantitative estimate of drug-likeness (QED) is 0.718. The van der Waals surface area contributed by atoms with Crippen molar-refractivity contribution in [3.05, 3.63) is 30.1 Å². The molecule has 140 valence electrons. The fraction of sp³-hybridized carbons (Fsp3) is 0.600. The molecule has 0 aromatic heterocycles. The summed E-state index contributed by atoms with van der Waals surface area (Å²) < 4.78 is 12.9. The third-order valence-electron chi connectivity index (χ3n) is 6.38. The molecule has 0 atom stereocenters. The number of amides is 2. The molecule has 0 radical (unpaired) electrons. The van der Waals surface area contributed by atoms with Crippen LogP contribution in [0.15, 0.2) is 24.3 Å². The van der Waals surface area contributed by atoms with Gasteiger partial charge in [-0.25, -0.2) is 4.39 Å². The summed E-state index contributed by atoms with van der Waals surface area (Å²) in [6.07, 6.45) is 7.92. The summed E-state index contributed by atoms with van der Waals surface area (Å²) in [6.45, 7) is 0.320. The summed E-state index contributed by atoms with van der Waals surface area (Å²) in [7, 11) is 0. The normalized spacial score (nSPS) is 31.7. The predicted molar refractivity (Wildman–Crippen MR) is 95.7 cm³/mol. The standard InChI is InChI=1S/C20H26FN3O2/c21-16-1-3-17(4-2-16)24-19(26)11-22-18(25)12-23-20-8-13-5-14(9-20)7-15(6-13)10-20/h1-4,13-15,23H,5-12H2,(H,22,25)(H,24,26)/p+1. The fourth-order valence-electron chi connectivity index (χ4n) is 5.73. The number of nitrogens with two attached hydrogens (primary N) is 1. The predicted octanol–water partition coefficient (Wildman–Crippen LogP) is 1.41. The molecule has 0 saturated heterocycles.